The van der Waals surface area contributed by atoms with Gasteiger partial charge in [0.25, 0.3) is 5.69 Å². The lowest BCUT2D eigenvalue weighted by Crippen LogP contribution is -2.47. The van der Waals surface area contributed by atoms with Crippen LogP contribution in [0.5, 0.6) is 0 Å². The third-order valence-corrected chi connectivity index (χ3v) is 7.17. The van der Waals surface area contributed by atoms with Gasteiger partial charge in [0.15, 0.2) is 0 Å². The minimum Gasteiger partial charge on any atom is -0.379 e. The summed E-state index contributed by atoms with van der Waals surface area (Å²) >= 11 is 0. The number of likely N-dealkylation sites (N-methyl/N-ethyl adjacent to an activating group) is 1. The van der Waals surface area contributed by atoms with E-state index in [9.17, 15) is 31.7 Å². The molecule has 1 aliphatic rings. The molecule has 32 heavy (non-hydrogen) atoms. The van der Waals surface area contributed by atoms with Crippen molar-refractivity contribution in [2.45, 2.75) is 17.5 Å². The van der Waals surface area contributed by atoms with E-state index in [1.54, 1.807) is 0 Å². The van der Waals surface area contributed by atoms with E-state index in [0.717, 1.165) is 18.2 Å². The number of hydrogen-bond donors (Lipinski definition) is 1. The third kappa shape index (κ3) is 5.56. The Bertz CT molecular complexity index is 1070. The first-order valence-corrected chi connectivity index (χ1v) is 11.3. The fraction of sp³-hybridized carbons (Fsp3) is 0.400. The molecule has 1 aliphatic heterocycles. The lowest BCUT2D eigenvalue weighted by molar-refractivity contribution is -0.384. The number of anilines is 1. The van der Waals surface area contributed by atoms with Gasteiger partial charge in [0.2, 0.25) is 10.0 Å². The number of nitrogens with one attached hydrogen (secondary N) is 1. The Hall–Kier alpha value is -2.70. The molecule has 1 fully saturated rings. The monoisotopic (exact) mass is 472 g/mol. The van der Waals surface area contributed by atoms with Gasteiger partial charge in [-0.1, -0.05) is 12.1 Å². The van der Waals surface area contributed by atoms with E-state index in [0.29, 0.717) is 38.2 Å². The van der Waals surface area contributed by atoms with E-state index in [4.69, 9.17) is 0 Å². The number of alkyl halides is 3. The van der Waals surface area contributed by atoms with Crippen LogP contribution in [0.2, 0.25) is 0 Å². The fourth-order valence-corrected chi connectivity index (χ4v) is 4.79. The number of hydrogen-bond acceptors (Lipinski definition) is 6. The van der Waals surface area contributed by atoms with Crippen LogP contribution in [0.15, 0.2) is 47.4 Å². The summed E-state index contributed by atoms with van der Waals surface area (Å²) < 4.78 is 65.0. The molecule has 0 unspecified atom stereocenters. The maximum Gasteiger partial charge on any atom is 0.416 e. The predicted octanol–water partition coefficient (Wildman–Crippen LogP) is 3.20. The minimum atomic E-state index is -4.41. The highest BCUT2D eigenvalue weighted by Crippen LogP contribution is 2.30. The van der Waals surface area contributed by atoms with E-state index in [1.165, 1.54) is 28.6 Å². The first kappa shape index (κ1) is 24.0. The summed E-state index contributed by atoms with van der Waals surface area (Å²) in [6.07, 6.45) is -4.08. The number of nitrogens with zero attached hydrogens (tertiary/aromatic N) is 3. The van der Waals surface area contributed by atoms with Crippen LogP contribution in [0.4, 0.5) is 24.5 Å². The van der Waals surface area contributed by atoms with Gasteiger partial charge >= 0.3 is 6.18 Å². The van der Waals surface area contributed by atoms with Crippen molar-refractivity contribution >= 4 is 21.4 Å². The molecule has 174 valence electrons. The molecule has 12 heteroatoms. The molecule has 0 spiro atoms. The van der Waals surface area contributed by atoms with Gasteiger partial charge < -0.3 is 10.2 Å². The lowest BCUT2D eigenvalue weighted by atomic mass is 10.1. The fourth-order valence-electron chi connectivity index (χ4n) is 3.35. The van der Waals surface area contributed by atoms with Gasteiger partial charge in [-0.05, 0) is 43.3 Å². The highest BCUT2D eigenvalue weighted by Gasteiger charge is 2.30. The van der Waals surface area contributed by atoms with Crippen LogP contribution in [-0.2, 0) is 22.6 Å². The normalized spacial score (nSPS) is 16.1. The van der Waals surface area contributed by atoms with Crippen molar-refractivity contribution in [2.75, 3.05) is 45.1 Å². The number of nitro benzene ring substituents is 1. The summed E-state index contributed by atoms with van der Waals surface area (Å²) in [6, 6.07) is 8.37. The first-order valence-electron chi connectivity index (χ1n) is 9.85. The summed E-state index contributed by atoms with van der Waals surface area (Å²) in [5.41, 5.74) is -0.365. The lowest BCUT2D eigenvalue weighted by Gasteiger charge is -2.31. The molecule has 0 aliphatic carbocycles. The second-order valence-electron chi connectivity index (χ2n) is 7.51. The molecule has 2 aromatic rings. The van der Waals surface area contributed by atoms with Crippen molar-refractivity contribution in [3.05, 3.63) is 63.7 Å². The molecule has 3 rings (SSSR count). The molecule has 2 aromatic carbocycles. The van der Waals surface area contributed by atoms with Gasteiger partial charge in [-0.25, -0.2) is 8.42 Å². The molecule has 0 atom stereocenters. The number of rotatable bonds is 7. The van der Waals surface area contributed by atoms with Crippen LogP contribution in [0, 0.1) is 10.1 Å². The van der Waals surface area contributed by atoms with Crippen LogP contribution >= 0.6 is 0 Å². The summed E-state index contributed by atoms with van der Waals surface area (Å²) in [6.45, 7) is 1.98. The van der Waals surface area contributed by atoms with Crippen molar-refractivity contribution in [2.24, 2.45) is 0 Å². The highest BCUT2D eigenvalue weighted by molar-refractivity contribution is 7.89. The van der Waals surface area contributed by atoms with E-state index in [1.807, 2.05) is 11.9 Å². The van der Waals surface area contributed by atoms with Crippen LogP contribution in [-0.4, -0.2) is 62.3 Å². The van der Waals surface area contributed by atoms with Crippen molar-refractivity contribution in [3.8, 4) is 0 Å². The molecule has 8 nitrogen and oxygen atoms in total. The second-order valence-corrected chi connectivity index (χ2v) is 9.45. The summed E-state index contributed by atoms with van der Waals surface area (Å²) in [4.78, 5) is 12.7. The first-order chi connectivity index (χ1) is 15.0. The molecule has 0 radical (unpaired) electrons. The van der Waals surface area contributed by atoms with Crippen molar-refractivity contribution in [3.63, 3.8) is 0 Å². The predicted molar refractivity (Wildman–Crippen MR) is 113 cm³/mol. The highest BCUT2D eigenvalue weighted by atomic mass is 32.2. The van der Waals surface area contributed by atoms with Crippen LogP contribution in [0.3, 0.4) is 0 Å². The van der Waals surface area contributed by atoms with E-state index >= 15 is 0 Å². The number of benzene rings is 2. The molecular formula is C20H23F3N4O4S. The summed E-state index contributed by atoms with van der Waals surface area (Å²) in [5.74, 6) is 0. The van der Waals surface area contributed by atoms with Gasteiger partial charge in [-0.15, -0.1) is 0 Å². The Labute approximate surface area is 183 Å². The number of sulfonamides is 1. The molecule has 0 amide bonds. The minimum absolute atomic E-state index is 0.138. The van der Waals surface area contributed by atoms with Gasteiger partial charge in [0.1, 0.15) is 5.69 Å². The van der Waals surface area contributed by atoms with Crippen LogP contribution in [0.1, 0.15) is 11.1 Å². The van der Waals surface area contributed by atoms with Gasteiger partial charge in [0.05, 0.1) is 15.4 Å². The number of piperazine rings is 1. The zero-order valence-corrected chi connectivity index (χ0v) is 18.1. The van der Waals surface area contributed by atoms with Crippen molar-refractivity contribution in [1.82, 2.24) is 9.21 Å². The summed E-state index contributed by atoms with van der Waals surface area (Å²) in [7, 11) is -1.97. The van der Waals surface area contributed by atoms with Gasteiger partial charge in [-0.3, -0.25) is 10.1 Å². The Kier molecular flexibility index (Phi) is 7.06. The molecule has 1 N–H and O–H groups in total. The largest absolute Gasteiger partial charge is 0.416 e. The van der Waals surface area contributed by atoms with E-state index < -0.39 is 26.7 Å². The summed E-state index contributed by atoms with van der Waals surface area (Å²) in [5, 5.41) is 14.4. The molecule has 1 heterocycles. The zero-order chi connectivity index (χ0) is 23.5. The standard InChI is InChI=1S/C20H23F3N4O4S/c1-25-10-12-26(13-11-25)32(30,31)17-6-7-18(19(14-17)27(28)29)24-9-8-15-2-4-16(5-3-15)20(21,22)23/h2-7,14,24H,8-13H2,1H3. The Balaban J connectivity index is 1.70. The maximum atomic E-state index is 12.9. The average molecular weight is 472 g/mol. The average Bonchev–Trinajstić information content (AvgIpc) is 2.73. The Morgan fingerprint density at radius 1 is 1.06 bits per heavy atom. The maximum absolute atomic E-state index is 12.9. The molecule has 0 saturated carbocycles. The van der Waals surface area contributed by atoms with Crippen molar-refractivity contribution < 1.29 is 26.5 Å². The van der Waals surface area contributed by atoms with Gasteiger partial charge in [-0.2, -0.15) is 17.5 Å². The molecule has 0 aromatic heterocycles. The topological polar surface area (TPSA) is 95.8 Å². The SMILES string of the molecule is CN1CCN(S(=O)(=O)c2ccc(NCCc3ccc(C(F)(F)F)cc3)c([N+](=O)[O-])c2)CC1. The Morgan fingerprint density at radius 3 is 2.25 bits per heavy atom. The van der Waals surface area contributed by atoms with E-state index in [-0.39, 0.29) is 22.8 Å². The van der Waals surface area contributed by atoms with Crippen molar-refractivity contribution in [1.29, 1.82) is 0 Å². The molecule has 0 bridgehead atoms. The van der Waals surface area contributed by atoms with Crippen LogP contribution < -0.4 is 5.32 Å². The third-order valence-electron chi connectivity index (χ3n) is 5.28. The second kappa shape index (κ2) is 9.43. The van der Waals surface area contributed by atoms with Gasteiger partial charge in [0, 0.05) is 38.8 Å². The quantitative estimate of drug-likeness (QED) is 0.491. The number of nitro groups is 1. The zero-order valence-electron chi connectivity index (χ0n) is 17.3. The van der Waals surface area contributed by atoms with E-state index in [2.05, 4.69) is 5.32 Å². The molecular weight excluding hydrogens is 449 g/mol. The number of halogens is 3. The molecule has 1 saturated heterocycles. The Morgan fingerprint density at radius 2 is 1.69 bits per heavy atom. The smallest absolute Gasteiger partial charge is 0.379 e. The van der Waals surface area contributed by atoms with Crippen LogP contribution in [0.25, 0.3) is 0 Å².